The van der Waals surface area contributed by atoms with Gasteiger partial charge in [0.25, 0.3) is 0 Å². The average molecular weight is 1330 g/mol. The van der Waals surface area contributed by atoms with Crippen molar-refractivity contribution in [2.24, 2.45) is 51.2 Å². The molecule has 31 nitrogen and oxygen atoms in total. The van der Waals surface area contributed by atoms with Crippen molar-refractivity contribution in [1.29, 1.82) is 0 Å². The molecule has 10 amide bonds. The van der Waals surface area contributed by atoms with Crippen molar-refractivity contribution < 1.29 is 73.2 Å². The van der Waals surface area contributed by atoms with Crippen LogP contribution in [0.4, 0.5) is 0 Å². The predicted molar refractivity (Wildman–Crippen MR) is 352 cm³/mol. The molecular weight excluding hydrogens is 1230 g/mol. The van der Waals surface area contributed by atoms with Crippen molar-refractivity contribution >= 4 is 71.0 Å². The molecule has 0 spiro atoms. The minimum absolute atomic E-state index is 0.00924. The van der Waals surface area contributed by atoms with E-state index in [4.69, 9.17) is 34.4 Å². The van der Waals surface area contributed by atoms with Crippen molar-refractivity contribution in [2.75, 3.05) is 26.2 Å². The predicted octanol–water partition coefficient (Wildman–Crippen LogP) is -2.83. The Hall–Kier alpha value is -9.46. The quantitative estimate of drug-likeness (QED) is 0.0154. The number of carbonyl (C=O) groups is 11. The third-order valence-electron chi connectivity index (χ3n) is 15.1. The molecule has 524 valence electrons. The molecule has 0 aliphatic heterocycles. The summed E-state index contributed by atoms with van der Waals surface area (Å²) in [6.07, 6.45) is 0.915. The van der Waals surface area contributed by atoms with E-state index in [1.807, 2.05) is 0 Å². The Balaban J connectivity index is 1.94. The Kier molecular flexibility index (Phi) is 35.3. The fraction of sp³-hybridized carbons (Fsp3) is 0.531. The number of phenols is 2. The fourth-order valence-electron chi connectivity index (χ4n) is 9.79. The van der Waals surface area contributed by atoms with Crippen LogP contribution in [0.3, 0.4) is 0 Å². The van der Waals surface area contributed by atoms with Crippen molar-refractivity contribution in [3.63, 3.8) is 0 Å². The van der Waals surface area contributed by atoms with Gasteiger partial charge in [-0.3, -0.25) is 52.9 Å². The lowest BCUT2D eigenvalue weighted by Crippen LogP contribution is -2.62. The standard InChI is InChI=1S/C64H98N16O15/c1-36(2)31-47(58(89)76-48(32-38-13-6-5-7-14-38)59(90)78-50(63(94)95)34-40-20-24-42(83)25-21-40)75-61(92)51(35-81)79-60(91)49(33-39-18-22-41(82)23-19-39)77-62(93)53(37(3)4)80-57(88)46(26-27-52(68)84)74-56(87)45(17-12-30-71-64(69)70)73-55(86)44(16-9-11-29-66)72-54(85)43(67)15-8-10-28-65/h5-7,13-14,18-25,36-37,43-51,53,81-83H,8-12,15-17,26-35,65-67H2,1-4H3,(H2,68,84)(H,72,85)(H,73,86)(H,74,87)(H,75,92)(H,76,89)(H,77,93)(H,78,90)(H,79,91)(H,80,88)(H,94,95)(H4,69,70,71)/t43-,44-,45-,46-,47-,48-,49-,50-,51-,53-/m0/s1. The van der Waals surface area contributed by atoms with Gasteiger partial charge in [0.2, 0.25) is 59.1 Å². The molecule has 3 aromatic rings. The Morgan fingerprint density at radius 1 is 0.442 bits per heavy atom. The number of nitrogens with two attached hydrogens (primary N) is 6. The molecule has 0 unspecified atom stereocenters. The summed E-state index contributed by atoms with van der Waals surface area (Å²) in [7, 11) is 0. The maximum absolute atomic E-state index is 14.5. The first-order valence-electron chi connectivity index (χ1n) is 31.7. The first-order valence-corrected chi connectivity index (χ1v) is 31.7. The number of aromatic hydroxyl groups is 2. The third-order valence-corrected chi connectivity index (χ3v) is 15.1. The molecule has 0 aromatic heterocycles. The number of carboxylic acids is 1. The Morgan fingerprint density at radius 2 is 0.832 bits per heavy atom. The van der Waals surface area contributed by atoms with Gasteiger partial charge < -0.3 is 103 Å². The summed E-state index contributed by atoms with van der Waals surface area (Å²) in [6.45, 7) is 6.21. The van der Waals surface area contributed by atoms with E-state index < -0.39 is 151 Å². The van der Waals surface area contributed by atoms with E-state index in [0.717, 1.165) is 0 Å². The van der Waals surface area contributed by atoms with Crippen molar-refractivity contribution in [2.45, 2.75) is 178 Å². The van der Waals surface area contributed by atoms with Gasteiger partial charge in [-0.25, -0.2) is 4.79 Å². The zero-order valence-electron chi connectivity index (χ0n) is 54.4. The number of guanidine groups is 1. The van der Waals surface area contributed by atoms with E-state index in [0.29, 0.717) is 48.9 Å². The van der Waals surface area contributed by atoms with E-state index >= 15 is 0 Å². The van der Waals surface area contributed by atoms with Crippen LogP contribution in [0.25, 0.3) is 0 Å². The van der Waals surface area contributed by atoms with Crippen LogP contribution >= 0.6 is 0 Å². The SMILES string of the molecule is CC(C)C[C@H](NC(=O)[C@H](CO)NC(=O)[C@H](Cc1ccc(O)cc1)NC(=O)[C@@H](NC(=O)[C@H](CCC(N)=O)NC(=O)[C@H](CCCN=C(N)N)NC(=O)[C@H](CCCCN)NC(=O)[C@@H](N)CCCCN)C(C)C)C(=O)N[C@@H](Cc1ccccc1)C(=O)N[C@@H](Cc1ccc(O)cc1)C(=O)O. The Bertz CT molecular complexity index is 3010. The number of benzene rings is 3. The molecule has 10 atom stereocenters. The number of amides is 10. The van der Waals surface area contributed by atoms with Crippen LogP contribution in [0.15, 0.2) is 83.9 Å². The zero-order chi connectivity index (χ0) is 70.7. The van der Waals surface area contributed by atoms with E-state index in [-0.39, 0.29) is 87.8 Å². The number of nitrogens with zero attached hydrogens (tertiary/aromatic N) is 1. The van der Waals surface area contributed by atoms with Crippen molar-refractivity contribution in [1.82, 2.24) is 47.9 Å². The number of nitrogens with one attached hydrogen (secondary N) is 9. The molecule has 0 heterocycles. The van der Waals surface area contributed by atoms with Crippen LogP contribution in [0.1, 0.15) is 115 Å². The second-order valence-corrected chi connectivity index (χ2v) is 23.9. The Labute approximate surface area is 552 Å². The van der Waals surface area contributed by atoms with Crippen LogP contribution in [-0.4, -0.2) is 178 Å². The number of rotatable bonds is 44. The highest BCUT2D eigenvalue weighted by Gasteiger charge is 2.37. The van der Waals surface area contributed by atoms with Gasteiger partial charge in [0.05, 0.1) is 12.6 Å². The molecule has 31 heteroatoms. The lowest BCUT2D eigenvalue weighted by Gasteiger charge is -2.29. The average Bonchev–Trinajstić information content (AvgIpc) is 0.870. The number of hydrogen-bond donors (Lipinski definition) is 19. The number of aliphatic carboxylic acids is 1. The summed E-state index contributed by atoms with van der Waals surface area (Å²) in [5.41, 5.74) is 35.4. The van der Waals surface area contributed by atoms with Gasteiger partial charge in [0.15, 0.2) is 5.96 Å². The molecule has 3 aromatic carbocycles. The topological polar surface area (TPSA) is 545 Å². The van der Waals surface area contributed by atoms with E-state index in [1.54, 1.807) is 58.0 Å². The smallest absolute Gasteiger partial charge is 0.326 e. The minimum atomic E-state index is -1.80. The molecule has 0 radical (unpaired) electrons. The number of aliphatic hydroxyl groups excluding tert-OH is 1. The third kappa shape index (κ3) is 30.0. The van der Waals surface area contributed by atoms with Crippen molar-refractivity contribution in [3.05, 3.63) is 95.6 Å². The summed E-state index contributed by atoms with van der Waals surface area (Å²) in [5, 5.41) is 63.8. The summed E-state index contributed by atoms with van der Waals surface area (Å²) in [5.74, 6) is -11.9. The number of carbonyl (C=O) groups excluding carboxylic acids is 10. The molecular formula is C64H98N16O15. The van der Waals surface area contributed by atoms with Gasteiger partial charge >= 0.3 is 5.97 Å². The van der Waals surface area contributed by atoms with Gasteiger partial charge in [-0.1, -0.05) is 88.7 Å². The van der Waals surface area contributed by atoms with Gasteiger partial charge in [-0.15, -0.1) is 0 Å². The summed E-state index contributed by atoms with van der Waals surface area (Å²) in [6, 6.07) is 5.32. The van der Waals surface area contributed by atoms with Gasteiger partial charge in [0, 0.05) is 32.2 Å². The first-order chi connectivity index (χ1) is 45.0. The van der Waals surface area contributed by atoms with Gasteiger partial charge in [-0.2, -0.15) is 0 Å². The highest BCUT2D eigenvalue weighted by atomic mass is 16.4. The second-order valence-electron chi connectivity index (χ2n) is 23.9. The number of phenolic OH excluding ortho intramolecular Hbond substituents is 2. The highest BCUT2D eigenvalue weighted by Crippen LogP contribution is 2.17. The molecule has 0 saturated carbocycles. The highest BCUT2D eigenvalue weighted by molar-refractivity contribution is 5.99. The maximum Gasteiger partial charge on any atom is 0.326 e. The van der Waals surface area contributed by atoms with Crippen LogP contribution in [-0.2, 0) is 72.0 Å². The van der Waals surface area contributed by atoms with Crippen LogP contribution < -0.4 is 82.3 Å². The maximum atomic E-state index is 14.5. The monoisotopic (exact) mass is 1330 g/mol. The number of primary amides is 1. The number of unbranched alkanes of at least 4 members (excludes halogenated alkanes) is 2. The molecule has 95 heavy (non-hydrogen) atoms. The normalized spacial score (nSPS) is 14.3. The van der Waals surface area contributed by atoms with E-state index in [2.05, 4.69) is 52.8 Å². The molecule has 0 fully saturated rings. The zero-order valence-corrected chi connectivity index (χ0v) is 54.4. The summed E-state index contributed by atoms with van der Waals surface area (Å²) >= 11 is 0. The minimum Gasteiger partial charge on any atom is -0.508 e. The van der Waals surface area contributed by atoms with Crippen molar-refractivity contribution in [3.8, 4) is 11.5 Å². The number of aliphatic imine (C=N–C) groups is 1. The lowest BCUT2D eigenvalue weighted by molar-refractivity contribution is -0.142. The summed E-state index contributed by atoms with van der Waals surface area (Å²) < 4.78 is 0. The van der Waals surface area contributed by atoms with Crippen LogP contribution in [0.2, 0.25) is 0 Å². The molecule has 0 aliphatic rings. The van der Waals surface area contributed by atoms with Crippen LogP contribution in [0, 0.1) is 11.8 Å². The molecule has 25 N–H and O–H groups in total. The second kappa shape index (κ2) is 42.0. The van der Waals surface area contributed by atoms with E-state index in [1.165, 1.54) is 48.5 Å². The number of hydrogen-bond acceptors (Lipinski definition) is 18. The molecule has 0 bridgehead atoms. The fourth-order valence-corrected chi connectivity index (χ4v) is 9.79. The van der Waals surface area contributed by atoms with E-state index in [9.17, 15) is 73.2 Å². The summed E-state index contributed by atoms with van der Waals surface area (Å²) in [4.78, 5) is 156. The van der Waals surface area contributed by atoms with Gasteiger partial charge in [-0.05, 0) is 124 Å². The number of aliphatic hydroxyl groups is 1. The largest absolute Gasteiger partial charge is 0.508 e. The van der Waals surface area contributed by atoms with Gasteiger partial charge in [0.1, 0.15) is 65.9 Å². The molecule has 0 aliphatic carbocycles. The first kappa shape index (κ1) is 79.8. The Morgan fingerprint density at radius 3 is 1.31 bits per heavy atom. The number of carboxylic acid groups (broad SMARTS) is 1. The lowest BCUT2D eigenvalue weighted by atomic mass is 9.99. The molecule has 3 rings (SSSR count). The van der Waals surface area contributed by atoms with Crippen LogP contribution in [0.5, 0.6) is 11.5 Å². The molecule has 0 saturated heterocycles.